The maximum Gasteiger partial charge on any atom is 0.0273 e. The summed E-state index contributed by atoms with van der Waals surface area (Å²) in [5.74, 6) is 0. The van der Waals surface area contributed by atoms with Crippen LogP contribution in [0.2, 0.25) is 0 Å². The van der Waals surface area contributed by atoms with Crippen LogP contribution in [0.3, 0.4) is 0 Å². The predicted octanol–water partition coefficient (Wildman–Crippen LogP) is 26.6. The number of aromatic nitrogens is 4. The van der Waals surface area contributed by atoms with Gasteiger partial charge in [-0.2, -0.15) is 0 Å². The number of rotatable bonds is 28. The highest BCUT2D eigenvalue weighted by atomic mass is 15.1. The van der Waals surface area contributed by atoms with E-state index in [4.69, 9.17) is 0 Å². The minimum Gasteiger partial charge on any atom is -0.291 e. The Bertz CT molecular complexity index is 5570. The van der Waals surface area contributed by atoms with Gasteiger partial charge in [0.2, 0.25) is 0 Å². The van der Waals surface area contributed by atoms with E-state index in [-0.39, 0.29) is 5.41 Å². The van der Waals surface area contributed by atoms with Crippen molar-refractivity contribution in [1.29, 1.82) is 0 Å². The van der Waals surface area contributed by atoms with Gasteiger partial charge in [0.05, 0.1) is 0 Å². The fourth-order valence-electron chi connectivity index (χ4n) is 15.1. The van der Waals surface area contributed by atoms with Gasteiger partial charge in [0.25, 0.3) is 0 Å². The molecule has 121 heavy (non-hydrogen) atoms. The molecular formula is C113H114N8. The van der Waals surface area contributed by atoms with E-state index in [0.717, 1.165) is 78.5 Å². The van der Waals surface area contributed by atoms with Crippen LogP contribution in [-0.4, -0.2) is 39.5 Å². The Kier molecular flexibility index (Phi) is 31.4. The van der Waals surface area contributed by atoms with Crippen molar-refractivity contribution in [3.05, 3.63) is 502 Å². The van der Waals surface area contributed by atoms with Gasteiger partial charge < -0.3 is 0 Å². The minimum atomic E-state index is 0.177. The number of nitrogens with zero attached hydrogens (tertiary/aromatic N) is 8. The summed E-state index contributed by atoms with van der Waals surface area (Å²) < 4.78 is 0. The van der Waals surface area contributed by atoms with Crippen LogP contribution < -0.4 is 0 Å². The molecule has 0 amide bonds. The van der Waals surface area contributed by atoms with E-state index >= 15 is 0 Å². The van der Waals surface area contributed by atoms with E-state index in [1.54, 1.807) is 0 Å². The molecule has 8 heteroatoms. The van der Waals surface area contributed by atoms with Gasteiger partial charge in [-0.05, 0) is 211 Å². The molecule has 4 aromatic heterocycles. The first kappa shape index (κ1) is 85.9. The molecule has 0 N–H and O–H groups in total. The molecular weight excluding hydrogens is 1470 g/mol. The average molecular weight is 1580 g/mol. The molecule has 0 fully saturated rings. The zero-order chi connectivity index (χ0) is 83.8. The first-order chi connectivity index (χ1) is 59.1. The van der Waals surface area contributed by atoms with E-state index < -0.39 is 0 Å². The van der Waals surface area contributed by atoms with Crippen molar-refractivity contribution in [2.45, 2.75) is 139 Å². The maximum atomic E-state index is 4.12. The lowest BCUT2D eigenvalue weighted by molar-refractivity contribution is 0.247. The highest BCUT2D eigenvalue weighted by molar-refractivity contribution is 5.66. The standard InChI is InChI=1S/C31H34N2.2C28H28N2.C26H24N2/c1-24-5-7-25(8-6-24)21-33(23-27-11-15-30(16-12-27)31(2,3)4)22-26-9-13-28(14-10-26)29-17-19-32-20-18-29;1-22-3-7-24(8-4-22)19-30(20-25-9-5-23(2)6-10-25)21-26-11-13-27(14-12-26)28-15-17-29-18-16-28;1-22-8-11-28(23(2)18-22)21-30(19-24-6-4-3-5-7-24)20-25-9-12-26(13-10-25)27-14-16-29-17-15-27;1-3-7-22(8-4-1)19-28(20-23-9-5-2-6-10-23)21-24-11-13-25(14-12-24)26-15-17-27-18-16-26/h5-20H,21-23H2,1-4H3;2*3-18H,19-21H2,1-2H3;1-18H,19-21H2. The molecule has 0 saturated heterocycles. The first-order valence-corrected chi connectivity index (χ1v) is 42.4. The number of hydrogen-bond acceptors (Lipinski definition) is 8. The van der Waals surface area contributed by atoms with Crippen molar-refractivity contribution in [3.8, 4) is 44.5 Å². The fraction of sp³-hybridized carbons (Fsp3) is 0.186. The van der Waals surface area contributed by atoms with E-state index in [1.807, 2.05) is 61.7 Å². The number of hydrogen-bond donors (Lipinski definition) is 0. The summed E-state index contributed by atoms with van der Waals surface area (Å²) in [6.45, 7) is 28.7. The van der Waals surface area contributed by atoms with Crippen molar-refractivity contribution in [2.24, 2.45) is 0 Å². The molecule has 12 aromatic carbocycles. The molecule has 0 aliphatic carbocycles. The quantitative estimate of drug-likeness (QED) is 0.0481. The van der Waals surface area contributed by atoms with Crippen LogP contribution in [-0.2, 0) is 84.0 Å². The van der Waals surface area contributed by atoms with Crippen LogP contribution in [0.5, 0.6) is 0 Å². The Balaban J connectivity index is 0.000000139. The fourth-order valence-corrected chi connectivity index (χ4v) is 15.1. The van der Waals surface area contributed by atoms with Crippen LogP contribution in [0, 0.1) is 34.6 Å². The summed E-state index contributed by atoms with van der Waals surface area (Å²) in [6.07, 6.45) is 14.7. The van der Waals surface area contributed by atoms with Gasteiger partial charge >= 0.3 is 0 Å². The van der Waals surface area contributed by atoms with E-state index in [1.165, 1.54) is 145 Å². The summed E-state index contributed by atoms with van der Waals surface area (Å²) in [7, 11) is 0. The summed E-state index contributed by atoms with van der Waals surface area (Å²) in [4.78, 5) is 26.5. The Morgan fingerprint density at radius 1 is 0.190 bits per heavy atom. The lowest BCUT2D eigenvalue weighted by Crippen LogP contribution is -2.23. The van der Waals surface area contributed by atoms with Gasteiger partial charge in [0.15, 0.2) is 0 Å². The third-order valence-corrected chi connectivity index (χ3v) is 21.9. The molecule has 4 heterocycles. The summed E-state index contributed by atoms with van der Waals surface area (Å²) in [5, 5.41) is 0. The molecule has 0 spiro atoms. The smallest absolute Gasteiger partial charge is 0.0273 e. The van der Waals surface area contributed by atoms with Crippen molar-refractivity contribution in [2.75, 3.05) is 0 Å². The number of aryl methyl sites for hydroxylation is 5. The molecule has 0 radical (unpaired) electrons. The second-order valence-corrected chi connectivity index (χ2v) is 33.1. The molecule has 0 bridgehead atoms. The van der Waals surface area contributed by atoms with Gasteiger partial charge in [-0.15, -0.1) is 0 Å². The van der Waals surface area contributed by atoms with E-state index in [9.17, 15) is 0 Å². The molecule has 0 aliphatic rings. The lowest BCUT2D eigenvalue weighted by Gasteiger charge is -2.24. The summed E-state index contributed by atoms with van der Waals surface area (Å²) in [6, 6.07) is 127. The summed E-state index contributed by atoms with van der Waals surface area (Å²) in [5.41, 5.74) is 34.0. The molecule has 8 nitrogen and oxygen atoms in total. The van der Waals surface area contributed by atoms with Gasteiger partial charge in [-0.3, -0.25) is 39.5 Å². The normalized spacial score (nSPS) is 11.2. The van der Waals surface area contributed by atoms with Gasteiger partial charge in [-0.25, -0.2) is 0 Å². The number of benzene rings is 12. The molecule has 0 saturated carbocycles. The molecule has 606 valence electrons. The highest BCUT2D eigenvalue weighted by Gasteiger charge is 2.18. The zero-order valence-electron chi connectivity index (χ0n) is 71.7. The Morgan fingerprint density at radius 2 is 0.380 bits per heavy atom. The molecule has 16 rings (SSSR count). The van der Waals surface area contributed by atoms with E-state index in [0.29, 0.717) is 0 Å². The van der Waals surface area contributed by atoms with Crippen LogP contribution in [0.1, 0.15) is 121 Å². The SMILES string of the molecule is Cc1ccc(CN(Cc2ccc(-c3ccncc3)cc2)Cc2ccc(C(C)(C)C)cc2)cc1.Cc1ccc(CN(Cc2ccc(C)cc2)Cc2ccc(-c3ccncc3)cc2)cc1.Cc1ccc(CN(Cc2ccccc2)Cc2ccc(-c3ccncc3)cc2)c(C)c1.c1ccc(CN(Cc2ccccc2)Cc2ccc(-c3ccncc3)cc2)cc1. The Hall–Kier alpha value is -12.9. The third kappa shape index (κ3) is 27.8. The second kappa shape index (κ2) is 44.2. The predicted molar refractivity (Wildman–Crippen MR) is 504 cm³/mol. The van der Waals surface area contributed by atoms with Gasteiger partial charge in [0, 0.05) is 128 Å². The van der Waals surface area contributed by atoms with Crippen LogP contribution in [0.4, 0.5) is 0 Å². The van der Waals surface area contributed by atoms with Crippen LogP contribution >= 0.6 is 0 Å². The average Bonchev–Trinajstić information content (AvgIpc) is 0.853. The number of pyridine rings is 4. The van der Waals surface area contributed by atoms with Crippen molar-refractivity contribution < 1.29 is 0 Å². The third-order valence-electron chi connectivity index (χ3n) is 21.9. The highest BCUT2D eigenvalue weighted by Crippen LogP contribution is 2.29. The van der Waals surface area contributed by atoms with Crippen molar-refractivity contribution in [3.63, 3.8) is 0 Å². The molecule has 0 unspecified atom stereocenters. The molecule has 0 atom stereocenters. The maximum absolute atomic E-state index is 4.12. The van der Waals surface area contributed by atoms with E-state index in [2.05, 4.69) is 435 Å². The van der Waals surface area contributed by atoms with Crippen molar-refractivity contribution in [1.82, 2.24) is 39.5 Å². The Labute approximate surface area is 720 Å². The monoisotopic (exact) mass is 1580 g/mol. The molecule has 0 aliphatic heterocycles. The summed E-state index contributed by atoms with van der Waals surface area (Å²) >= 11 is 0. The Morgan fingerprint density at radius 3 is 0.603 bits per heavy atom. The molecule has 16 aromatic rings. The topological polar surface area (TPSA) is 64.5 Å². The first-order valence-electron chi connectivity index (χ1n) is 42.4. The van der Waals surface area contributed by atoms with Crippen molar-refractivity contribution >= 4 is 0 Å². The lowest BCUT2D eigenvalue weighted by atomic mass is 9.87. The second-order valence-electron chi connectivity index (χ2n) is 33.1. The van der Waals surface area contributed by atoms with Gasteiger partial charge in [-0.1, -0.05) is 346 Å². The largest absolute Gasteiger partial charge is 0.291 e. The minimum absolute atomic E-state index is 0.177. The van der Waals surface area contributed by atoms with Crippen LogP contribution in [0.25, 0.3) is 44.5 Å². The van der Waals surface area contributed by atoms with Gasteiger partial charge in [0.1, 0.15) is 0 Å². The zero-order valence-corrected chi connectivity index (χ0v) is 71.7. The van der Waals surface area contributed by atoms with Crippen LogP contribution in [0.15, 0.2) is 401 Å².